The second-order valence-corrected chi connectivity index (χ2v) is 19.3. The summed E-state index contributed by atoms with van der Waals surface area (Å²) in [6, 6.07) is -0.871. The maximum atomic E-state index is 12.9. The summed E-state index contributed by atoms with van der Waals surface area (Å²) in [5, 5.41) is 13.8. The third kappa shape index (κ3) is 44.3. The van der Waals surface area contributed by atoms with E-state index in [4.69, 9.17) is 9.05 Å². The van der Waals surface area contributed by atoms with Crippen LogP contribution in [0.4, 0.5) is 0 Å². The quantitative estimate of drug-likeness (QED) is 0.0244. The van der Waals surface area contributed by atoms with Crippen LogP contribution in [-0.2, 0) is 18.4 Å². The van der Waals surface area contributed by atoms with Crippen molar-refractivity contribution in [2.75, 3.05) is 40.9 Å². The molecule has 0 aromatic carbocycles. The number of aliphatic hydroxyl groups is 1. The first kappa shape index (κ1) is 57.5. The molecule has 0 rings (SSSR count). The average Bonchev–Trinajstić information content (AvgIpc) is 3.19. The molecule has 0 aromatic heterocycles. The Morgan fingerprint density at radius 3 is 1.36 bits per heavy atom. The number of phosphoric ester groups is 1. The number of carbonyl (C=O) groups excluding carboxylic acids is 1. The van der Waals surface area contributed by atoms with Gasteiger partial charge in [-0.25, -0.2) is 4.57 Å². The summed E-state index contributed by atoms with van der Waals surface area (Å²) < 4.78 is 23.6. The summed E-state index contributed by atoms with van der Waals surface area (Å²) in [6.07, 6.45) is 53.3. The second-order valence-electron chi connectivity index (χ2n) is 17.8. The van der Waals surface area contributed by atoms with Crippen molar-refractivity contribution >= 4 is 13.7 Å². The molecule has 0 aliphatic rings. The average molecular weight is 852 g/mol. The van der Waals surface area contributed by atoms with Crippen molar-refractivity contribution in [2.24, 2.45) is 0 Å². The highest BCUT2D eigenvalue weighted by molar-refractivity contribution is 7.47. The van der Waals surface area contributed by atoms with Crippen molar-refractivity contribution < 1.29 is 32.9 Å². The van der Waals surface area contributed by atoms with Crippen LogP contribution in [0.2, 0.25) is 0 Å². The van der Waals surface area contributed by atoms with Crippen molar-refractivity contribution in [3.63, 3.8) is 0 Å². The molecule has 3 atom stereocenters. The molecule has 0 saturated carbocycles. The van der Waals surface area contributed by atoms with Crippen LogP contribution in [0.1, 0.15) is 213 Å². The van der Waals surface area contributed by atoms with Gasteiger partial charge in [0.2, 0.25) is 5.91 Å². The van der Waals surface area contributed by atoms with E-state index in [9.17, 15) is 19.4 Å². The molecule has 8 nitrogen and oxygen atoms in total. The highest BCUT2D eigenvalue weighted by Gasteiger charge is 2.27. The van der Waals surface area contributed by atoms with Gasteiger partial charge < -0.3 is 19.8 Å². The van der Waals surface area contributed by atoms with Gasteiger partial charge in [0.15, 0.2) is 0 Å². The van der Waals surface area contributed by atoms with Crippen molar-refractivity contribution in [1.82, 2.24) is 5.32 Å². The van der Waals surface area contributed by atoms with Gasteiger partial charge >= 0.3 is 7.82 Å². The number of aliphatic hydroxyl groups excluding tert-OH is 1. The molecule has 0 bridgehead atoms. The number of hydrogen-bond donors (Lipinski definition) is 3. The summed E-state index contributed by atoms with van der Waals surface area (Å²) in [4.78, 5) is 23.2. The molecule has 346 valence electrons. The van der Waals surface area contributed by atoms with Gasteiger partial charge in [0.25, 0.3) is 0 Å². The van der Waals surface area contributed by atoms with Gasteiger partial charge in [0.05, 0.1) is 39.9 Å². The maximum absolute atomic E-state index is 12.9. The Balaban J connectivity index is 4.40. The second kappa shape index (κ2) is 41.8. The summed E-state index contributed by atoms with van der Waals surface area (Å²) >= 11 is 0. The lowest BCUT2D eigenvalue weighted by atomic mass is 10.1. The molecule has 0 aliphatic heterocycles. The Hall–Kier alpha value is -1.54. The minimum atomic E-state index is -4.35. The van der Waals surface area contributed by atoms with E-state index in [1.807, 2.05) is 27.2 Å². The largest absolute Gasteiger partial charge is 0.472 e. The van der Waals surface area contributed by atoms with Crippen LogP contribution in [-0.4, -0.2) is 73.4 Å². The number of nitrogens with zero attached hydrogens (tertiary/aromatic N) is 1. The number of likely N-dealkylation sites (N-methyl/N-ethyl adjacent to an activating group) is 1. The van der Waals surface area contributed by atoms with E-state index < -0.39 is 20.0 Å². The number of quaternary nitrogens is 1. The molecule has 0 aromatic rings. The molecular formula is C50H96N2O6P+. The lowest BCUT2D eigenvalue weighted by Gasteiger charge is -2.25. The van der Waals surface area contributed by atoms with Crippen molar-refractivity contribution in [2.45, 2.75) is 225 Å². The fourth-order valence-corrected chi connectivity index (χ4v) is 7.57. The van der Waals surface area contributed by atoms with E-state index in [0.29, 0.717) is 17.4 Å². The molecule has 1 amide bonds. The topological polar surface area (TPSA) is 105 Å². The fourth-order valence-electron chi connectivity index (χ4n) is 6.83. The molecule has 0 spiro atoms. The van der Waals surface area contributed by atoms with Crippen LogP contribution < -0.4 is 5.32 Å². The van der Waals surface area contributed by atoms with E-state index in [1.165, 1.54) is 148 Å². The summed E-state index contributed by atoms with van der Waals surface area (Å²) in [6.45, 7) is 4.77. The zero-order valence-electron chi connectivity index (χ0n) is 39.2. The SMILES string of the molecule is CCCCCCCC/C=C/CC/C=C/CC/C=C/C(O)C(COP(=O)(O)OCC[N+](C)(C)C)NC(=O)CCCCCCCCC/C=C\CCCCCCCCCCCC. The van der Waals surface area contributed by atoms with E-state index >= 15 is 0 Å². The molecule has 3 unspecified atom stereocenters. The van der Waals surface area contributed by atoms with Gasteiger partial charge in [0, 0.05) is 6.42 Å². The molecule has 59 heavy (non-hydrogen) atoms. The number of hydrogen-bond acceptors (Lipinski definition) is 5. The van der Waals surface area contributed by atoms with Gasteiger partial charge in [-0.05, 0) is 70.6 Å². The van der Waals surface area contributed by atoms with Gasteiger partial charge in [-0.2, -0.15) is 0 Å². The maximum Gasteiger partial charge on any atom is 0.472 e. The molecule has 9 heteroatoms. The molecule has 3 N–H and O–H groups in total. The standard InChI is InChI=1S/C50H95N2O6P/c1-6-8-10-12-14-16-18-20-22-24-25-26-27-28-30-32-34-36-38-40-42-44-50(54)51-48(47-58-59(55,56)57-46-45-52(3,4)5)49(53)43-41-39-37-35-33-31-29-23-21-19-17-15-13-11-9-7-2/h21,23,26-27,33,35,41,43,48-49,53H,6-20,22,24-25,28-32,34,36-40,42,44-47H2,1-5H3,(H-,51,54,55,56)/p+1/b23-21+,27-26-,35-33+,43-41+. The van der Waals surface area contributed by atoms with Crippen LogP contribution >= 0.6 is 7.82 Å². The third-order valence-corrected chi connectivity index (χ3v) is 11.7. The molecular weight excluding hydrogens is 756 g/mol. The van der Waals surface area contributed by atoms with Gasteiger partial charge in [-0.15, -0.1) is 0 Å². The van der Waals surface area contributed by atoms with Crippen molar-refractivity contribution in [1.29, 1.82) is 0 Å². The molecule has 0 heterocycles. The Kier molecular flexibility index (Phi) is 40.7. The Morgan fingerprint density at radius 1 is 0.559 bits per heavy atom. The Bertz CT molecular complexity index is 1100. The number of nitrogens with one attached hydrogen (secondary N) is 1. The van der Waals surface area contributed by atoms with Gasteiger partial charge in [-0.1, -0.05) is 184 Å². The highest BCUT2D eigenvalue weighted by Crippen LogP contribution is 2.43. The minimum Gasteiger partial charge on any atom is -0.387 e. The van der Waals surface area contributed by atoms with Gasteiger partial charge in [0.1, 0.15) is 13.2 Å². The van der Waals surface area contributed by atoms with Crippen LogP contribution in [0.3, 0.4) is 0 Å². The number of rotatable bonds is 44. The van der Waals surface area contributed by atoms with E-state index in [0.717, 1.165) is 44.9 Å². The van der Waals surface area contributed by atoms with Crippen LogP contribution in [0, 0.1) is 0 Å². The zero-order chi connectivity index (χ0) is 43.6. The first-order valence-electron chi connectivity index (χ1n) is 24.5. The first-order valence-corrected chi connectivity index (χ1v) is 26.0. The smallest absolute Gasteiger partial charge is 0.387 e. The Morgan fingerprint density at radius 2 is 0.932 bits per heavy atom. The number of allylic oxidation sites excluding steroid dienone is 7. The normalized spacial score (nSPS) is 14.6. The van der Waals surface area contributed by atoms with Crippen LogP contribution in [0.5, 0.6) is 0 Å². The highest BCUT2D eigenvalue weighted by atomic mass is 31.2. The van der Waals surface area contributed by atoms with Crippen LogP contribution in [0.25, 0.3) is 0 Å². The van der Waals surface area contributed by atoms with Crippen molar-refractivity contribution in [3.8, 4) is 0 Å². The predicted octanol–water partition coefficient (Wildman–Crippen LogP) is 14.0. The van der Waals surface area contributed by atoms with Gasteiger partial charge in [-0.3, -0.25) is 13.8 Å². The summed E-state index contributed by atoms with van der Waals surface area (Å²) in [7, 11) is 1.54. The summed E-state index contributed by atoms with van der Waals surface area (Å²) in [5.41, 5.74) is 0. The van der Waals surface area contributed by atoms with E-state index in [-0.39, 0.29) is 19.1 Å². The monoisotopic (exact) mass is 852 g/mol. The van der Waals surface area contributed by atoms with Crippen molar-refractivity contribution in [3.05, 3.63) is 48.6 Å². The lowest BCUT2D eigenvalue weighted by molar-refractivity contribution is -0.870. The number of phosphoric acid groups is 1. The molecule has 0 aliphatic carbocycles. The number of carbonyl (C=O) groups is 1. The van der Waals surface area contributed by atoms with Crippen LogP contribution in [0.15, 0.2) is 48.6 Å². The molecule has 0 radical (unpaired) electrons. The zero-order valence-corrected chi connectivity index (χ0v) is 40.1. The number of unbranched alkanes of at least 4 members (excludes halogenated alkanes) is 25. The fraction of sp³-hybridized carbons (Fsp3) is 0.820. The molecule has 0 fully saturated rings. The third-order valence-electron chi connectivity index (χ3n) is 10.7. The van der Waals surface area contributed by atoms with E-state index in [2.05, 4.69) is 55.6 Å². The lowest BCUT2D eigenvalue weighted by Crippen LogP contribution is -2.45. The molecule has 0 saturated heterocycles. The van der Waals surface area contributed by atoms with E-state index in [1.54, 1.807) is 6.08 Å². The predicted molar refractivity (Wildman–Crippen MR) is 254 cm³/mol. The summed E-state index contributed by atoms with van der Waals surface area (Å²) in [5.74, 6) is -0.196. The Labute approximate surface area is 365 Å². The first-order chi connectivity index (χ1) is 28.5. The minimum absolute atomic E-state index is 0.0519. The number of amides is 1.